The van der Waals surface area contributed by atoms with Gasteiger partial charge in [-0.1, -0.05) is 58.2 Å². The summed E-state index contributed by atoms with van der Waals surface area (Å²) in [5.41, 5.74) is 0. The molecular weight excluding hydrogens is 426 g/mol. The third-order valence-corrected chi connectivity index (χ3v) is 6.68. The lowest BCUT2D eigenvalue weighted by Crippen LogP contribution is -2.51. The summed E-state index contributed by atoms with van der Waals surface area (Å²) in [5, 5.41) is 0. The van der Waals surface area contributed by atoms with E-state index in [4.69, 9.17) is 4.55 Å². The fourth-order valence-corrected chi connectivity index (χ4v) is 4.31. The highest BCUT2D eigenvalue weighted by atomic mass is 32.2. The fraction of sp³-hybridized carbons (Fsp3) is 0.714. The van der Waals surface area contributed by atoms with Gasteiger partial charge in [0.1, 0.15) is 10.1 Å². The Labute approximate surface area is 183 Å². The molecule has 0 fully saturated rings. The number of quaternary nitrogens is 1. The summed E-state index contributed by atoms with van der Waals surface area (Å²) in [7, 11) is -8.07. The average molecular weight is 466 g/mol. The Balaban J connectivity index is 0.000000696. The number of nitrogens with zero attached hydrogens (tertiary/aromatic N) is 1. The fourth-order valence-electron chi connectivity index (χ4n) is 3.32. The van der Waals surface area contributed by atoms with Crippen molar-refractivity contribution in [3.8, 4) is 0 Å². The largest absolute Gasteiger partial charge is 0.744 e. The molecular formula is C21H39NO6S2. The van der Waals surface area contributed by atoms with Crippen LogP contribution in [0, 0.1) is 0 Å². The molecule has 0 saturated carbocycles. The minimum Gasteiger partial charge on any atom is -0.744 e. The van der Waals surface area contributed by atoms with Crippen LogP contribution in [0.1, 0.15) is 65.7 Å². The highest BCUT2D eigenvalue weighted by Crippen LogP contribution is 2.16. The van der Waals surface area contributed by atoms with Gasteiger partial charge >= 0.3 is 0 Å². The number of hydrogen-bond acceptors (Lipinski definition) is 5. The number of unbranched alkanes of at least 4 members (excludes halogenated alkanes) is 3. The van der Waals surface area contributed by atoms with Crippen molar-refractivity contribution in [2.75, 3.05) is 31.9 Å². The van der Waals surface area contributed by atoms with E-state index in [1.54, 1.807) is 6.07 Å². The van der Waals surface area contributed by atoms with Crippen LogP contribution in [0.4, 0.5) is 0 Å². The summed E-state index contributed by atoms with van der Waals surface area (Å²) in [6.45, 7) is 10.9. The molecule has 0 saturated heterocycles. The number of benzene rings is 1. The first-order valence-electron chi connectivity index (χ1n) is 10.8. The van der Waals surface area contributed by atoms with Crippen molar-refractivity contribution in [3.05, 3.63) is 30.3 Å². The predicted octanol–water partition coefficient (Wildman–Crippen LogP) is 4.07. The summed E-state index contributed by atoms with van der Waals surface area (Å²) in [6, 6.07) is 7.19. The van der Waals surface area contributed by atoms with Gasteiger partial charge in [0.15, 0.2) is 0 Å². The smallest absolute Gasteiger partial charge is 0.265 e. The lowest BCUT2D eigenvalue weighted by Gasteiger charge is -2.39. The summed E-state index contributed by atoms with van der Waals surface area (Å²) in [5.74, 6) is -0.0998. The topological polar surface area (TPSA) is 112 Å². The maximum absolute atomic E-state index is 10.9. The van der Waals surface area contributed by atoms with Crippen LogP contribution >= 0.6 is 0 Å². The van der Waals surface area contributed by atoms with Crippen molar-refractivity contribution >= 4 is 20.2 Å². The van der Waals surface area contributed by atoms with Crippen molar-refractivity contribution in [1.82, 2.24) is 0 Å². The standard InChI is InChI=1S/C15H33NO3S.C6H6O3S/c1-4-7-11-16(12-8-5-2,13-9-6-3)14-10-15-20(17,18)19;7-10(8,9)6-4-2-1-3-5-6/h4-15H2,1-3H3;1-5H,(H,7,8,9). The molecule has 0 radical (unpaired) electrons. The Bertz CT molecular complexity index is 742. The Morgan fingerprint density at radius 2 is 1.17 bits per heavy atom. The highest BCUT2D eigenvalue weighted by Gasteiger charge is 2.26. The highest BCUT2D eigenvalue weighted by molar-refractivity contribution is 7.86. The van der Waals surface area contributed by atoms with E-state index in [1.807, 2.05) is 0 Å². The van der Waals surface area contributed by atoms with Crippen LogP contribution in [-0.4, -0.2) is 62.4 Å². The molecule has 1 aromatic carbocycles. The van der Waals surface area contributed by atoms with Gasteiger partial charge in [0.25, 0.3) is 10.1 Å². The van der Waals surface area contributed by atoms with Gasteiger partial charge in [-0.05, 0) is 31.4 Å². The second-order valence-corrected chi connectivity index (χ2v) is 10.7. The summed E-state index contributed by atoms with van der Waals surface area (Å²) in [6.07, 6.45) is 7.68. The van der Waals surface area contributed by atoms with Gasteiger partial charge in [0.2, 0.25) is 0 Å². The molecule has 0 aliphatic carbocycles. The van der Waals surface area contributed by atoms with E-state index in [-0.39, 0.29) is 10.6 Å². The minimum absolute atomic E-state index is 0.0998. The molecule has 7 nitrogen and oxygen atoms in total. The van der Waals surface area contributed by atoms with Crippen molar-refractivity contribution in [2.45, 2.75) is 70.6 Å². The van der Waals surface area contributed by atoms with E-state index in [0.29, 0.717) is 6.42 Å². The molecule has 0 amide bonds. The second kappa shape index (κ2) is 14.9. The maximum atomic E-state index is 10.9. The first-order chi connectivity index (χ1) is 14.0. The normalized spacial score (nSPS) is 12.3. The van der Waals surface area contributed by atoms with Crippen LogP contribution < -0.4 is 0 Å². The molecule has 0 bridgehead atoms. The molecule has 1 aromatic rings. The number of hydrogen-bond donors (Lipinski definition) is 1. The molecule has 0 aliphatic heterocycles. The zero-order valence-electron chi connectivity index (χ0n) is 18.6. The molecule has 9 heteroatoms. The molecule has 1 rings (SSSR count). The van der Waals surface area contributed by atoms with Crippen molar-refractivity contribution in [1.29, 1.82) is 0 Å². The number of rotatable bonds is 14. The lowest BCUT2D eigenvalue weighted by atomic mass is 10.1. The monoisotopic (exact) mass is 465 g/mol. The van der Waals surface area contributed by atoms with Crippen LogP contribution in [0.25, 0.3) is 0 Å². The second-order valence-electron chi connectivity index (χ2n) is 7.70. The van der Waals surface area contributed by atoms with E-state index >= 15 is 0 Å². The van der Waals surface area contributed by atoms with E-state index in [9.17, 15) is 21.4 Å². The van der Waals surface area contributed by atoms with Gasteiger partial charge in [-0.15, -0.1) is 0 Å². The van der Waals surface area contributed by atoms with Gasteiger partial charge in [-0.2, -0.15) is 8.42 Å². The molecule has 0 aromatic heterocycles. The van der Waals surface area contributed by atoms with Crippen molar-refractivity contribution < 1.29 is 30.4 Å². The quantitative estimate of drug-likeness (QED) is 0.327. The van der Waals surface area contributed by atoms with Crippen LogP contribution in [0.2, 0.25) is 0 Å². The average Bonchev–Trinajstić information content (AvgIpc) is 2.68. The molecule has 1 N–H and O–H groups in total. The van der Waals surface area contributed by atoms with Crippen LogP contribution in [0.3, 0.4) is 0 Å². The molecule has 30 heavy (non-hydrogen) atoms. The third-order valence-electron chi connectivity index (χ3n) is 5.02. The SMILES string of the molecule is CCCC[N+](CCCC)(CCCC)CCCS(=O)(=O)O.O=S(=O)([O-])c1ccccc1. The molecule has 0 heterocycles. The maximum Gasteiger partial charge on any atom is 0.265 e. The summed E-state index contributed by atoms with van der Waals surface area (Å²) < 4.78 is 62.6. The molecule has 0 unspecified atom stereocenters. The van der Waals surface area contributed by atoms with E-state index in [2.05, 4.69) is 20.8 Å². The molecule has 0 aliphatic rings. The zero-order chi connectivity index (χ0) is 23.1. The van der Waals surface area contributed by atoms with Gasteiger partial charge in [-0.3, -0.25) is 4.55 Å². The third kappa shape index (κ3) is 14.1. The lowest BCUT2D eigenvalue weighted by molar-refractivity contribution is -0.928. The minimum atomic E-state index is -4.25. The van der Waals surface area contributed by atoms with Gasteiger partial charge < -0.3 is 9.04 Å². The van der Waals surface area contributed by atoms with E-state index in [0.717, 1.165) is 30.7 Å². The van der Waals surface area contributed by atoms with E-state index in [1.165, 1.54) is 62.8 Å². The van der Waals surface area contributed by atoms with Crippen molar-refractivity contribution in [2.24, 2.45) is 0 Å². The summed E-state index contributed by atoms with van der Waals surface area (Å²) in [4.78, 5) is -0.185. The Kier molecular flexibility index (Phi) is 14.4. The molecule has 0 atom stereocenters. The van der Waals surface area contributed by atoms with Crippen molar-refractivity contribution in [3.63, 3.8) is 0 Å². The first-order valence-corrected chi connectivity index (χ1v) is 13.8. The van der Waals surface area contributed by atoms with Gasteiger partial charge in [0.05, 0.1) is 36.8 Å². The van der Waals surface area contributed by atoms with Crippen LogP contribution in [-0.2, 0) is 20.2 Å². The Morgan fingerprint density at radius 1 is 0.767 bits per heavy atom. The zero-order valence-corrected chi connectivity index (χ0v) is 20.3. The van der Waals surface area contributed by atoms with Crippen LogP contribution in [0.15, 0.2) is 35.2 Å². The van der Waals surface area contributed by atoms with E-state index < -0.39 is 20.2 Å². The first kappa shape index (κ1) is 29.0. The molecule has 0 spiro atoms. The molecule has 176 valence electrons. The predicted molar refractivity (Wildman–Crippen MR) is 120 cm³/mol. The van der Waals surface area contributed by atoms with Gasteiger partial charge in [-0.25, -0.2) is 8.42 Å². The van der Waals surface area contributed by atoms with Gasteiger partial charge in [0, 0.05) is 6.42 Å². The Hall–Kier alpha value is -1.00. The Morgan fingerprint density at radius 3 is 1.47 bits per heavy atom. The van der Waals surface area contributed by atoms with Crippen LogP contribution in [0.5, 0.6) is 0 Å². The summed E-state index contributed by atoms with van der Waals surface area (Å²) >= 11 is 0.